The summed E-state index contributed by atoms with van der Waals surface area (Å²) in [5, 5.41) is 0. The molecule has 1 heterocycles. The van der Waals surface area contributed by atoms with Crippen LogP contribution in [0.2, 0.25) is 0 Å². The summed E-state index contributed by atoms with van der Waals surface area (Å²) in [6.07, 6.45) is -0.940. The van der Waals surface area contributed by atoms with Crippen LogP contribution in [0.3, 0.4) is 0 Å². The van der Waals surface area contributed by atoms with Crippen LogP contribution in [0.4, 0.5) is 0 Å². The highest BCUT2D eigenvalue weighted by Crippen LogP contribution is 2.30. The van der Waals surface area contributed by atoms with Crippen molar-refractivity contribution in [3.63, 3.8) is 0 Å². The minimum atomic E-state index is -3.69. The summed E-state index contributed by atoms with van der Waals surface area (Å²) in [4.78, 5) is 23.9. The number of rotatable bonds is 6. The van der Waals surface area contributed by atoms with E-state index in [0.29, 0.717) is 17.1 Å². The van der Waals surface area contributed by atoms with E-state index < -0.39 is 34.5 Å². The van der Waals surface area contributed by atoms with Crippen LogP contribution in [-0.2, 0) is 25.4 Å². The topological polar surface area (TPSA) is 123 Å². The lowest BCUT2D eigenvalue weighted by molar-refractivity contribution is -0.134. The van der Waals surface area contributed by atoms with Gasteiger partial charge in [0.15, 0.2) is 11.5 Å². The van der Waals surface area contributed by atoms with Crippen molar-refractivity contribution in [2.75, 3.05) is 13.2 Å². The summed E-state index contributed by atoms with van der Waals surface area (Å²) in [5.74, 6) is -0.630. The Balaban J connectivity index is 1.42. The van der Waals surface area contributed by atoms with E-state index in [9.17, 15) is 18.0 Å². The quantitative estimate of drug-likeness (QED) is 0.586. The summed E-state index contributed by atoms with van der Waals surface area (Å²) in [7, 11) is -3.69. The molecular formula is C18H19N3O6S. The fraction of sp³-hybridized carbons (Fsp3) is 0.222. The Hall–Kier alpha value is -3.11. The van der Waals surface area contributed by atoms with Gasteiger partial charge in [-0.15, -0.1) is 0 Å². The third-order valence-corrected chi connectivity index (χ3v) is 5.08. The highest BCUT2D eigenvalue weighted by molar-refractivity contribution is 7.88. The van der Waals surface area contributed by atoms with Crippen LogP contribution in [-0.4, -0.2) is 39.5 Å². The number of hydrogen-bond donors (Lipinski definition) is 3. The van der Waals surface area contributed by atoms with Gasteiger partial charge >= 0.3 is 0 Å². The van der Waals surface area contributed by atoms with Gasteiger partial charge in [0.25, 0.3) is 11.8 Å². The Bertz CT molecular complexity index is 949. The van der Waals surface area contributed by atoms with Gasteiger partial charge in [-0.3, -0.25) is 20.4 Å². The van der Waals surface area contributed by atoms with Crippen molar-refractivity contribution in [3.8, 4) is 11.5 Å². The predicted molar refractivity (Wildman–Crippen MR) is 99.7 cm³/mol. The number of carbonyl (C=O) groups excluding carboxylic acids is 2. The van der Waals surface area contributed by atoms with Gasteiger partial charge in [-0.2, -0.15) is 0 Å². The molecule has 0 saturated heterocycles. The summed E-state index contributed by atoms with van der Waals surface area (Å²) < 4.78 is 37.1. The van der Waals surface area contributed by atoms with Gasteiger partial charge in [0, 0.05) is 0 Å². The highest BCUT2D eigenvalue weighted by atomic mass is 32.2. The molecule has 1 atom stereocenters. The number of hydrogen-bond acceptors (Lipinski definition) is 6. The van der Waals surface area contributed by atoms with Crippen molar-refractivity contribution in [2.45, 2.75) is 11.9 Å². The van der Waals surface area contributed by atoms with Crippen molar-refractivity contribution in [3.05, 3.63) is 60.2 Å². The van der Waals surface area contributed by atoms with Crippen molar-refractivity contribution in [2.24, 2.45) is 0 Å². The van der Waals surface area contributed by atoms with Crippen LogP contribution in [0.25, 0.3) is 0 Å². The highest BCUT2D eigenvalue weighted by Gasteiger charge is 2.27. The molecule has 2 amide bonds. The van der Waals surface area contributed by atoms with Crippen LogP contribution in [0.1, 0.15) is 5.56 Å². The molecule has 2 aromatic carbocycles. The van der Waals surface area contributed by atoms with Gasteiger partial charge < -0.3 is 9.47 Å². The molecule has 0 saturated carbocycles. The number of para-hydroxylation sites is 2. The summed E-state index contributed by atoms with van der Waals surface area (Å²) in [6.45, 7) is -0.525. The number of nitrogens with one attached hydrogen (secondary N) is 3. The second kappa shape index (κ2) is 8.72. The standard InChI is InChI=1S/C18H19N3O6S/c22-17(10-19-28(24,25)12-13-6-2-1-3-7-13)20-21-18(23)16-11-26-14-8-4-5-9-15(14)27-16/h1-9,16,19H,10-12H2,(H,20,22)(H,21,23). The molecule has 0 aromatic heterocycles. The minimum absolute atomic E-state index is 0.0115. The maximum Gasteiger partial charge on any atom is 0.283 e. The van der Waals surface area contributed by atoms with Crippen molar-refractivity contribution in [1.82, 2.24) is 15.6 Å². The molecule has 3 N–H and O–H groups in total. The average molecular weight is 405 g/mol. The molecule has 2 aromatic rings. The number of sulfonamides is 1. The van der Waals surface area contributed by atoms with Crippen molar-refractivity contribution >= 4 is 21.8 Å². The lowest BCUT2D eigenvalue weighted by atomic mass is 10.2. The van der Waals surface area contributed by atoms with E-state index in [-0.39, 0.29) is 12.4 Å². The number of benzene rings is 2. The smallest absolute Gasteiger partial charge is 0.283 e. The monoisotopic (exact) mass is 405 g/mol. The third-order valence-electron chi connectivity index (χ3n) is 3.78. The number of carbonyl (C=O) groups is 2. The first kappa shape index (κ1) is 19.6. The molecule has 0 aliphatic carbocycles. The van der Waals surface area contributed by atoms with Gasteiger partial charge in [0.05, 0.1) is 12.3 Å². The summed E-state index contributed by atoms with van der Waals surface area (Å²) in [6, 6.07) is 15.5. The Morgan fingerprint density at radius 3 is 2.39 bits per heavy atom. The van der Waals surface area contributed by atoms with Crippen molar-refractivity contribution in [1.29, 1.82) is 0 Å². The molecule has 9 nitrogen and oxygen atoms in total. The zero-order valence-electron chi connectivity index (χ0n) is 14.8. The van der Waals surface area contributed by atoms with Crippen LogP contribution in [0.15, 0.2) is 54.6 Å². The lowest BCUT2D eigenvalue weighted by Gasteiger charge is -2.25. The largest absolute Gasteiger partial charge is 0.485 e. The molecule has 1 aliphatic heterocycles. The Morgan fingerprint density at radius 2 is 1.64 bits per heavy atom. The Morgan fingerprint density at radius 1 is 0.964 bits per heavy atom. The minimum Gasteiger partial charge on any atom is -0.485 e. The number of hydrazine groups is 1. The van der Waals surface area contributed by atoms with Gasteiger partial charge in [-0.1, -0.05) is 42.5 Å². The number of ether oxygens (including phenoxy) is 2. The SMILES string of the molecule is O=C(CNS(=O)(=O)Cc1ccccc1)NNC(=O)C1COc2ccccc2O1. The van der Waals surface area contributed by atoms with E-state index in [2.05, 4.69) is 15.6 Å². The maximum absolute atomic E-state index is 12.1. The maximum atomic E-state index is 12.1. The zero-order chi connectivity index (χ0) is 20.0. The van der Waals surface area contributed by atoms with E-state index in [0.717, 1.165) is 0 Å². The first-order valence-corrected chi connectivity index (χ1v) is 10.1. The number of fused-ring (bicyclic) bond motifs is 1. The molecule has 148 valence electrons. The normalized spacial score (nSPS) is 15.5. The summed E-state index contributed by atoms with van der Waals surface area (Å²) in [5.41, 5.74) is 4.93. The fourth-order valence-corrected chi connectivity index (χ4v) is 3.51. The molecule has 1 aliphatic rings. The molecule has 10 heteroatoms. The predicted octanol–water partition coefficient (Wildman–Crippen LogP) is 0.0934. The van der Waals surface area contributed by atoms with E-state index in [1.807, 2.05) is 0 Å². The van der Waals surface area contributed by atoms with Crippen LogP contribution >= 0.6 is 0 Å². The van der Waals surface area contributed by atoms with E-state index >= 15 is 0 Å². The Labute approximate surface area is 162 Å². The van der Waals surface area contributed by atoms with Gasteiger partial charge in [-0.25, -0.2) is 13.1 Å². The molecule has 28 heavy (non-hydrogen) atoms. The molecule has 3 rings (SSSR count). The van der Waals surface area contributed by atoms with Crippen LogP contribution in [0, 0.1) is 0 Å². The fourth-order valence-electron chi connectivity index (χ4n) is 2.42. The summed E-state index contributed by atoms with van der Waals surface area (Å²) >= 11 is 0. The van der Waals surface area contributed by atoms with Crippen LogP contribution < -0.4 is 25.0 Å². The van der Waals surface area contributed by atoms with Gasteiger partial charge in [0.1, 0.15) is 6.61 Å². The second-order valence-electron chi connectivity index (χ2n) is 5.97. The van der Waals surface area contributed by atoms with Crippen LogP contribution in [0.5, 0.6) is 11.5 Å². The molecular weight excluding hydrogens is 386 g/mol. The van der Waals surface area contributed by atoms with Gasteiger partial charge in [-0.05, 0) is 17.7 Å². The Kier molecular flexibility index (Phi) is 6.12. The molecule has 0 bridgehead atoms. The van der Waals surface area contributed by atoms with Crippen molar-refractivity contribution < 1.29 is 27.5 Å². The first-order valence-electron chi connectivity index (χ1n) is 8.41. The molecule has 0 radical (unpaired) electrons. The van der Waals surface area contributed by atoms with E-state index in [4.69, 9.17) is 9.47 Å². The third kappa shape index (κ3) is 5.44. The van der Waals surface area contributed by atoms with E-state index in [1.54, 1.807) is 54.6 Å². The zero-order valence-corrected chi connectivity index (χ0v) is 15.6. The van der Waals surface area contributed by atoms with E-state index in [1.165, 1.54) is 0 Å². The molecule has 0 fully saturated rings. The molecule has 1 unspecified atom stereocenters. The van der Waals surface area contributed by atoms with Gasteiger partial charge in [0.2, 0.25) is 16.1 Å². The average Bonchev–Trinajstić information content (AvgIpc) is 2.70. The first-order chi connectivity index (χ1) is 13.4. The second-order valence-corrected chi connectivity index (χ2v) is 7.77. The number of amides is 2. The molecule has 0 spiro atoms. The lowest BCUT2D eigenvalue weighted by Crippen LogP contribution is -2.52.